The summed E-state index contributed by atoms with van der Waals surface area (Å²) in [4.78, 5) is 0. The van der Waals surface area contributed by atoms with Crippen molar-refractivity contribution in [2.75, 3.05) is 33.0 Å². The fourth-order valence-electron chi connectivity index (χ4n) is 17.1. The van der Waals surface area contributed by atoms with Gasteiger partial charge in [-0.1, -0.05) is 53.2 Å². The number of hydrogen-bond donors (Lipinski definition) is 19. The summed E-state index contributed by atoms with van der Waals surface area (Å²) in [5, 5.41) is 205. The summed E-state index contributed by atoms with van der Waals surface area (Å²) in [5.74, 6) is -0.0172. The lowest BCUT2D eigenvalue weighted by Gasteiger charge is -2.67. The van der Waals surface area contributed by atoms with Gasteiger partial charge in [-0.25, -0.2) is 0 Å². The molecule has 29 nitrogen and oxygen atoms in total. The second-order valence-electron chi connectivity index (χ2n) is 28.7. The third-order valence-electron chi connectivity index (χ3n) is 22.9. The second kappa shape index (κ2) is 27.6. The van der Waals surface area contributed by atoms with Gasteiger partial charge in [-0.15, -0.1) is 0 Å². The summed E-state index contributed by atoms with van der Waals surface area (Å²) < 4.78 is 59.5. The largest absolute Gasteiger partial charge is 0.394 e. The van der Waals surface area contributed by atoms with E-state index in [0.29, 0.717) is 32.1 Å². The van der Waals surface area contributed by atoms with E-state index in [2.05, 4.69) is 33.8 Å². The van der Waals surface area contributed by atoms with Gasteiger partial charge in [0, 0.05) is 10.8 Å². The molecule has 19 N–H and O–H groups in total. The van der Waals surface area contributed by atoms with Gasteiger partial charge in [0.1, 0.15) is 122 Å². The number of hydrogen-bond acceptors (Lipinski definition) is 29. The number of ether oxygens (including phenoxy) is 10. The van der Waals surface area contributed by atoms with E-state index in [4.69, 9.17) is 47.4 Å². The third-order valence-corrected chi connectivity index (χ3v) is 22.9. The first-order valence-corrected chi connectivity index (χ1v) is 31.6. The molecule has 89 heavy (non-hydrogen) atoms. The number of fused-ring (bicyclic) bond motifs is 5. The van der Waals surface area contributed by atoms with Gasteiger partial charge in [-0.2, -0.15) is 0 Å². The van der Waals surface area contributed by atoms with E-state index in [-0.39, 0.29) is 35.5 Å². The molecule has 29 heteroatoms. The third kappa shape index (κ3) is 13.0. The zero-order valence-corrected chi connectivity index (χ0v) is 51.8. The van der Waals surface area contributed by atoms with Crippen LogP contribution < -0.4 is 0 Å². The van der Waals surface area contributed by atoms with E-state index in [1.165, 1.54) is 13.8 Å². The van der Waals surface area contributed by atoms with E-state index >= 15 is 0 Å². The topological polar surface area (TPSA) is 477 Å². The van der Waals surface area contributed by atoms with Gasteiger partial charge < -0.3 is 144 Å². The molecular formula is C60H102O29. The highest BCUT2D eigenvalue weighted by atomic mass is 16.8. The van der Waals surface area contributed by atoms with Crippen molar-refractivity contribution in [1.82, 2.24) is 0 Å². The minimum atomic E-state index is -1.96. The van der Waals surface area contributed by atoms with Crippen molar-refractivity contribution < 1.29 is 144 Å². The summed E-state index contributed by atoms with van der Waals surface area (Å²) in [6, 6.07) is 0. The van der Waals surface area contributed by atoms with Gasteiger partial charge in [0.15, 0.2) is 31.5 Å². The molecule has 0 aromatic rings. The van der Waals surface area contributed by atoms with Gasteiger partial charge in [0.25, 0.3) is 0 Å². The molecule has 9 aliphatic rings. The number of aliphatic hydroxyl groups excluding tert-OH is 18. The zero-order valence-electron chi connectivity index (χ0n) is 51.8. The molecule has 9 rings (SSSR count). The standard InChI is InChI=1S/C60H102O29/c1-23(9-13-35(57(4,5)79)87-55-50(89-54-47(77)42(72)38(68)29(20-63)83-54)43(73)39(69)31(85-55)22-80-51-45(75)40(70)36(66)27(18-61)81-51)24-15-16-58(6)32-12-10-25-26(60(32,8)33(65)17-59(24,58)7)11-14-34(56(25,2)3)86-52-48(78)44(74)49(30(21-64)84-52)88-53-46(76)41(71)37(67)28(19-62)82-53/h10,23-24,26-55,61-79H,9,11-22H2,1-8H3/t23-,24-,26-,27+,28?,29?,30?,31?,32+,33-,34+,35-,36?,37-,38-,39-,40+,41+,42+,43+,44-,45?,46?,47?,48?,49-,50?,51-,52+,53+,54+,55+,58+,59-,60+/m1/s1. The Morgan fingerprint density at radius 3 is 1.52 bits per heavy atom. The van der Waals surface area contributed by atoms with E-state index in [1.807, 2.05) is 13.8 Å². The minimum absolute atomic E-state index is 0.0310. The lowest BCUT2D eigenvalue weighted by molar-refractivity contribution is -0.380. The van der Waals surface area contributed by atoms with Crippen molar-refractivity contribution in [3.05, 3.63) is 11.6 Å². The number of allylic oxidation sites excluding steroid dienone is 1. The Morgan fingerprint density at radius 2 is 0.978 bits per heavy atom. The van der Waals surface area contributed by atoms with Crippen molar-refractivity contribution in [2.24, 2.45) is 45.3 Å². The second-order valence-corrected chi connectivity index (χ2v) is 28.7. The van der Waals surface area contributed by atoms with Crippen LogP contribution in [0.25, 0.3) is 0 Å². The maximum absolute atomic E-state index is 12.8. The van der Waals surface area contributed by atoms with E-state index in [0.717, 1.165) is 18.4 Å². The molecule has 5 heterocycles. The maximum Gasteiger partial charge on any atom is 0.187 e. The number of aliphatic hydroxyl groups is 19. The molecule has 0 aromatic carbocycles. The highest BCUT2D eigenvalue weighted by molar-refractivity contribution is 5.32. The maximum atomic E-state index is 12.8. The van der Waals surface area contributed by atoms with Crippen LogP contribution in [0.4, 0.5) is 0 Å². The first-order chi connectivity index (χ1) is 41.7. The molecule has 3 saturated carbocycles. The van der Waals surface area contributed by atoms with Crippen LogP contribution in [0.3, 0.4) is 0 Å². The van der Waals surface area contributed by atoms with E-state index < -0.39 is 227 Å². The molecule has 8 fully saturated rings. The van der Waals surface area contributed by atoms with Gasteiger partial charge >= 0.3 is 0 Å². The molecule has 516 valence electrons. The van der Waals surface area contributed by atoms with Crippen molar-refractivity contribution in [3.63, 3.8) is 0 Å². The van der Waals surface area contributed by atoms with E-state index in [9.17, 15) is 97.0 Å². The zero-order chi connectivity index (χ0) is 65.5. The Labute approximate surface area is 517 Å². The van der Waals surface area contributed by atoms with Gasteiger partial charge in [-0.05, 0) is 99.7 Å². The van der Waals surface area contributed by atoms with Crippen molar-refractivity contribution in [3.8, 4) is 0 Å². The van der Waals surface area contributed by atoms with Crippen LogP contribution in [-0.4, -0.2) is 308 Å². The van der Waals surface area contributed by atoms with Crippen LogP contribution >= 0.6 is 0 Å². The average Bonchev–Trinajstić information content (AvgIpc) is 1.66. The Morgan fingerprint density at radius 1 is 0.517 bits per heavy atom. The van der Waals surface area contributed by atoms with Crippen LogP contribution in [0.15, 0.2) is 11.6 Å². The molecule has 5 aliphatic heterocycles. The highest BCUT2D eigenvalue weighted by Gasteiger charge is 2.71. The van der Waals surface area contributed by atoms with Crippen LogP contribution in [0.2, 0.25) is 0 Å². The Hall–Kier alpha value is -1.42. The molecule has 0 radical (unpaired) electrons. The molecule has 35 atom stereocenters. The summed E-state index contributed by atoms with van der Waals surface area (Å²) in [6.07, 6.45) is -37.7. The molecule has 5 saturated heterocycles. The van der Waals surface area contributed by atoms with Crippen molar-refractivity contribution in [1.29, 1.82) is 0 Å². The van der Waals surface area contributed by atoms with Crippen LogP contribution in [0, 0.1) is 45.3 Å². The van der Waals surface area contributed by atoms with E-state index in [1.54, 1.807) is 0 Å². The lowest BCUT2D eigenvalue weighted by atomic mass is 9.38. The predicted octanol–water partition coefficient (Wildman–Crippen LogP) is -5.41. The summed E-state index contributed by atoms with van der Waals surface area (Å²) in [7, 11) is 0. The molecule has 4 aliphatic carbocycles. The van der Waals surface area contributed by atoms with Gasteiger partial charge in [0.2, 0.25) is 0 Å². The number of rotatable bonds is 20. The molecule has 0 aromatic heterocycles. The SMILES string of the molecule is C[C@H](CC[C@@H](O[C@@H]1OC(CO[C@@H]2O[C@@H](CO)C(O)[C@H](O)C2O)[C@@H](O)[C@H](O)C1O[C@@H]1OC(CO)[C@@H](O)[C@H](O)C1O)C(C)(C)O)[C@H]1CC[C@@]2(C)[C@@H]3CC=C4[C@@H](CC[C@H](O[C@@H]5OC(CO)[C@@H](O[C@@H]6OC(CO)[C@@H](O)[C@H](O)C6O)[C@H](O)C5O)C4(C)C)[C@]3(C)[C@H](O)C[C@]12C. The molecular weight excluding hydrogens is 1180 g/mol. The van der Waals surface area contributed by atoms with Gasteiger partial charge in [-0.3, -0.25) is 0 Å². The Bertz CT molecular complexity index is 2340. The quantitative estimate of drug-likeness (QED) is 0.0506. The molecule has 0 amide bonds. The minimum Gasteiger partial charge on any atom is -0.394 e. The fourth-order valence-corrected chi connectivity index (χ4v) is 17.1. The first kappa shape index (κ1) is 71.9. The van der Waals surface area contributed by atoms with Crippen LogP contribution in [0.5, 0.6) is 0 Å². The molecule has 10 unspecified atom stereocenters. The monoisotopic (exact) mass is 1290 g/mol. The first-order valence-electron chi connectivity index (χ1n) is 31.6. The van der Waals surface area contributed by atoms with Crippen LogP contribution in [0.1, 0.15) is 107 Å². The average molecular weight is 1290 g/mol. The van der Waals surface area contributed by atoms with Crippen LogP contribution in [-0.2, 0) is 47.4 Å². The predicted molar refractivity (Wildman–Crippen MR) is 300 cm³/mol. The smallest absolute Gasteiger partial charge is 0.187 e. The lowest BCUT2D eigenvalue weighted by Crippen LogP contribution is -2.66. The van der Waals surface area contributed by atoms with Crippen molar-refractivity contribution in [2.45, 2.75) is 284 Å². The highest BCUT2D eigenvalue weighted by Crippen LogP contribution is 2.75. The fraction of sp³-hybridized carbons (Fsp3) is 0.967. The van der Waals surface area contributed by atoms with Crippen molar-refractivity contribution >= 4 is 0 Å². The Kier molecular flexibility index (Phi) is 22.3. The molecule has 0 bridgehead atoms. The normalized spacial score (nSPS) is 51.8. The Balaban J connectivity index is 0.884. The summed E-state index contributed by atoms with van der Waals surface area (Å²) in [6.45, 7) is 12.3. The van der Waals surface area contributed by atoms with Gasteiger partial charge in [0.05, 0.1) is 56.9 Å². The summed E-state index contributed by atoms with van der Waals surface area (Å²) in [5.41, 5.74) is -2.49. The molecule has 0 spiro atoms. The summed E-state index contributed by atoms with van der Waals surface area (Å²) >= 11 is 0.